The van der Waals surface area contributed by atoms with Gasteiger partial charge in [-0.25, -0.2) is 4.98 Å². The van der Waals surface area contributed by atoms with Crippen molar-refractivity contribution in [2.24, 2.45) is 0 Å². The first-order valence-corrected chi connectivity index (χ1v) is 6.61. The van der Waals surface area contributed by atoms with E-state index in [2.05, 4.69) is 53.0 Å². The fourth-order valence-corrected chi connectivity index (χ4v) is 2.46. The lowest BCUT2D eigenvalue weighted by Crippen LogP contribution is -2.28. The van der Waals surface area contributed by atoms with E-state index in [0.29, 0.717) is 5.92 Å². The van der Waals surface area contributed by atoms with Crippen molar-refractivity contribution in [1.29, 1.82) is 0 Å². The molecule has 0 bridgehead atoms. The van der Waals surface area contributed by atoms with Crippen LogP contribution in [0.15, 0.2) is 30.5 Å². The van der Waals surface area contributed by atoms with E-state index in [4.69, 9.17) is 0 Å². The van der Waals surface area contributed by atoms with Gasteiger partial charge in [0.25, 0.3) is 0 Å². The molecule has 0 atom stereocenters. The van der Waals surface area contributed by atoms with Gasteiger partial charge >= 0.3 is 0 Å². The Morgan fingerprint density at radius 3 is 2.72 bits per heavy atom. The molecule has 1 aromatic heterocycles. The number of rotatable bonds is 2. The van der Waals surface area contributed by atoms with Gasteiger partial charge in [-0.05, 0) is 17.0 Å². The van der Waals surface area contributed by atoms with E-state index in [9.17, 15) is 0 Å². The van der Waals surface area contributed by atoms with Crippen LogP contribution in [-0.2, 0) is 13.1 Å². The summed E-state index contributed by atoms with van der Waals surface area (Å²) in [7, 11) is 0. The average Bonchev–Trinajstić information content (AvgIpc) is 2.82. The van der Waals surface area contributed by atoms with Crippen molar-refractivity contribution in [2.75, 3.05) is 6.54 Å². The third-order valence-corrected chi connectivity index (χ3v) is 3.61. The Bertz CT molecular complexity index is 537. The van der Waals surface area contributed by atoms with Crippen molar-refractivity contribution >= 4 is 0 Å². The number of benzene rings is 1. The number of hydrogen-bond donors (Lipinski definition) is 1. The highest BCUT2D eigenvalue weighted by atomic mass is 15.2. The molecule has 1 aliphatic heterocycles. The highest BCUT2D eigenvalue weighted by Crippen LogP contribution is 2.24. The van der Waals surface area contributed by atoms with Gasteiger partial charge in [0.15, 0.2) is 0 Å². The van der Waals surface area contributed by atoms with E-state index < -0.39 is 0 Å². The molecular formula is C15H19N3. The summed E-state index contributed by atoms with van der Waals surface area (Å²) in [6.07, 6.45) is 1.99. The molecule has 0 amide bonds. The Labute approximate surface area is 108 Å². The summed E-state index contributed by atoms with van der Waals surface area (Å²) < 4.78 is 2.32. The Morgan fingerprint density at radius 1 is 1.22 bits per heavy atom. The molecule has 3 rings (SSSR count). The van der Waals surface area contributed by atoms with Gasteiger partial charge in [0.05, 0.1) is 18.4 Å². The first kappa shape index (κ1) is 11.5. The summed E-state index contributed by atoms with van der Waals surface area (Å²) in [5.74, 6) is 1.73. The molecule has 2 aromatic rings. The van der Waals surface area contributed by atoms with Crippen LogP contribution in [0.25, 0.3) is 11.3 Å². The average molecular weight is 241 g/mol. The monoisotopic (exact) mass is 241 g/mol. The predicted octanol–water partition coefficient (Wildman–Crippen LogP) is 2.78. The maximum Gasteiger partial charge on any atom is 0.123 e. The lowest BCUT2D eigenvalue weighted by molar-refractivity contribution is 0.508. The molecule has 1 aliphatic rings. The molecule has 2 heterocycles. The zero-order valence-electron chi connectivity index (χ0n) is 11.0. The molecule has 1 aromatic carbocycles. The second-order valence-corrected chi connectivity index (χ2v) is 5.16. The number of nitrogens with zero attached hydrogens (tertiary/aromatic N) is 2. The summed E-state index contributed by atoms with van der Waals surface area (Å²) in [6.45, 7) is 7.36. The molecule has 0 fully saturated rings. The Morgan fingerprint density at radius 2 is 2.00 bits per heavy atom. The Balaban J connectivity index is 1.97. The number of imidazole rings is 1. The molecule has 94 valence electrons. The zero-order chi connectivity index (χ0) is 12.5. The van der Waals surface area contributed by atoms with Crippen LogP contribution in [0.3, 0.4) is 0 Å². The molecule has 3 heteroatoms. The third-order valence-electron chi connectivity index (χ3n) is 3.61. The van der Waals surface area contributed by atoms with Gasteiger partial charge in [-0.2, -0.15) is 0 Å². The summed E-state index contributed by atoms with van der Waals surface area (Å²) in [4.78, 5) is 4.49. The molecular weight excluding hydrogens is 222 g/mol. The van der Waals surface area contributed by atoms with Crippen molar-refractivity contribution in [3.05, 3.63) is 41.9 Å². The van der Waals surface area contributed by atoms with Gasteiger partial charge in [0.2, 0.25) is 0 Å². The van der Waals surface area contributed by atoms with Gasteiger partial charge in [-0.3, -0.25) is 0 Å². The van der Waals surface area contributed by atoms with E-state index in [1.165, 1.54) is 16.8 Å². The van der Waals surface area contributed by atoms with Crippen molar-refractivity contribution in [3.8, 4) is 11.3 Å². The van der Waals surface area contributed by atoms with Crippen LogP contribution >= 0.6 is 0 Å². The van der Waals surface area contributed by atoms with E-state index in [1.807, 2.05) is 6.20 Å². The van der Waals surface area contributed by atoms with Gasteiger partial charge in [0, 0.05) is 13.1 Å². The second-order valence-electron chi connectivity index (χ2n) is 5.16. The molecule has 0 aliphatic carbocycles. The third kappa shape index (κ3) is 1.95. The molecule has 0 unspecified atom stereocenters. The number of nitrogens with one attached hydrogen (secondary N) is 1. The Hall–Kier alpha value is -1.61. The summed E-state index contributed by atoms with van der Waals surface area (Å²) in [5, 5.41) is 3.35. The van der Waals surface area contributed by atoms with Crippen molar-refractivity contribution in [1.82, 2.24) is 14.9 Å². The normalized spacial score (nSPS) is 14.8. The van der Waals surface area contributed by atoms with Crippen LogP contribution in [-0.4, -0.2) is 16.1 Å². The molecule has 0 radical (unpaired) electrons. The number of fused-ring (bicyclic) bond motifs is 1. The van der Waals surface area contributed by atoms with E-state index in [-0.39, 0.29) is 0 Å². The van der Waals surface area contributed by atoms with Crippen LogP contribution in [0.5, 0.6) is 0 Å². The van der Waals surface area contributed by atoms with Crippen LogP contribution in [0.2, 0.25) is 0 Å². The summed E-state index contributed by atoms with van der Waals surface area (Å²) >= 11 is 0. The fourth-order valence-electron chi connectivity index (χ4n) is 2.46. The summed E-state index contributed by atoms with van der Waals surface area (Å²) in [6, 6.07) is 8.87. The van der Waals surface area contributed by atoms with Gasteiger partial charge < -0.3 is 9.88 Å². The van der Waals surface area contributed by atoms with E-state index in [1.54, 1.807) is 0 Å². The fraction of sp³-hybridized carbons (Fsp3) is 0.400. The molecule has 1 N–H and O–H groups in total. The summed E-state index contributed by atoms with van der Waals surface area (Å²) in [5.41, 5.74) is 3.89. The van der Waals surface area contributed by atoms with Gasteiger partial charge in [-0.15, -0.1) is 0 Å². The second kappa shape index (κ2) is 4.58. The largest absolute Gasteiger partial charge is 0.326 e. The lowest BCUT2D eigenvalue weighted by Gasteiger charge is -2.17. The topological polar surface area (TPSA) is 29.9 Å². The standard InChI is InChI=1S/C15H19N3/c1-11(2)12-3-5-13(6-4-12)14-9-17-15-10-16-7-8-18(14)15/h3-6,9,11,16H,7-8,10H2,1-2H3. The van der Waals surface area contributed by atoms with Crippen LogP contribution in [0.4, 0.5) is 0 Å². The first-order chi connectivity index (χ1) is 8.75. The molecule has 18 heavy (non-hydrogen) atoms. The quantitative estimate of drug-likeness (QED) is 0.876. The smallest absolute Gasteiger partial charge is 0.123 e. The van der Waals surface area contributed by atoms with Crippen molar-refractivity contribution < 1.29 is 0 Å². The van der Waals surface area contributed by atoms with Crippen LogP contribution in [0.1, 0.15) is 31.2 Å². The highest BCUT2D eigenvalue weighted by Gasteiger charge is 2.14. The van der Waals surface area contributed by atoms with Crippen LogP contribution < -0.4 is 5.32 Å². The van der Waals surface area contributed by atoms with Gasteiger partial charge in [-0.1, -0.05) is 38.1 Å². The minimum Gasteiger partial charge on any atom is -0.326 e. The minimum absolute atomic E-state index is 0.586. The Kier molecular flexibility index (Phi) is 2.92. The number of hydrogen-bond acceptors (Lipinski definition) is 2. The molecule has 0 saturated heterocycles. The van der Waals surface area contributed by atoms with Crippen molar-refractivity contribution in [3.63, 3.8) is 0 Å². The van der Waals surface area contributed by atoms with Gasteiger partial charge in [0.1, 0.15) is 5.82 Å². The van der Waals surface area contributed by atoms with E-state index in [0.717, 1.165) is 25.5 Å². The van der Waals surface area contributed by atoms with Crippen LogP contribution in [0, 0.1) is 0 Å². The molecule has 3 nitrogen and oxygen atoms in total. The first-order valence-electron chi connectivity index (χ1n) is 6.61. The predicted molar refractivity (Wildman–Crippen MR) is 73.5 cm³/mol. The maximum absolute atomic E-state index is 4.49. The molecule has 0 spiro atoms. The maximum atomic E-state index is 4.49. The zero-order valence-corrected chi connectivity index (χ0v) is 11.0. The van der Waals surface area contributed by atoms with Crippen molar-refractivity contribution in [2.45, 2.75) is 32.9 Å². The SMILES string of the molecule is CC(C)c1ccc(-c2cnc3n2CCNC3)cc1. The minimum atomic E-state index is 0.586. The van der Waals surface area contributed by atoms with E-state index >= 15 is 0 Å². The number of aromatic nitrogens is 2. The highest BCUT2D eigenvalue weighted by molar-refractivity contribution is 5.60. The molecule has 0 saturated carbocycles. The lowest BCUT2D eigenvalue weighted by atomic mass is 10.0.